The maximum atomic E-state index is 14.1. The maximum Gasteiger partial charge on any atom is 0.320 e. The molecule has 2 N–H and O–H groups in total. The Labute approximate surface area is 227 Å². The zero-order valence-corrected chi connectivity index (χ0v) is 22.7. The Morgan fingerprint density at radius 3 is 2.62 bits per heavy atom. The Morgan fingerprint density at radius 2 is 1.92 bits per heavy atom. The summed E-state index contributed by atoms with van der Waals surface area (Å²) in [6.07, 6.45) is 2.12. The Morgan fingerprint density at radius 1 is 1.13 bits per heavy atom. The predicted molar refractivity (Wildman–Crippen MR) is 146 cm³/mol. The fourth-order valence-electron chi connectivity index (χ4n) is 5.82. The molecule has 3 aromatic rings. The molecule has 39 heavy (non-hydrogen) atoms. The first-order valence-electron chi connectivity index (χ1n) is 13.4. The molecule has 10 heteroatoms. The first-order valence-corrected chi connectivity index (χ1v) is 13.4. The molecule has 0 saturated carbocycles. The van der Waals surface area contributed by atoms with Gasteiger partial charge in [0, 0.05) is 38.2 Å². The summed E-state index contributed by atoms with van der Waals surface area (Å²) >= 11 is 0. The number of nitrogens with one attached hydrogen (secondary N) is 2. The summed E-state index contributed by atoms with van der Waals surface area (Å²) in [6, 6.07) is 13.2. The van der Waals surface area contributed by atoms with Crippen LogP contribution in [0.15, 0.2) is 48.5 Å². The third kappa shape index (κ3) is 5.83. The van der Waals surface area contributed by atoms with Crippen molar-refractivity contribution >= 4 is 11.8 Å². The zero-order chi connectivity index (χ0) is 27.5. The lowest BCUT2D eigenvalue weighted by atomic mass is 9.94. The smallest absolute Gasteiger partial charge is 0.320 e. The van der Waals surface area contributed by atoms with Crippen LogP contribution in [0.25, 0.3) is 5.69 Å². The van der Waals surface area contributed by atoms with Crippen molar-refractivity contribution in [1.29, 1.82) is 0 Å². The highest BCUT2D eigenvalue weighted by molar-refractivity contribution is 5.90. The number of likely N-dealkylation sites (tertiary alicyclic amines) is 2. The molecular formula is C29H36F2N6O2. The van der Waals surface area contributed by atoms with E-state index in [0.29, 0.717) is 37.6 Å². The van der Waals surface area contributed by atoms with E-state index in [2.05, 4.69) is 27.5 Å². The first kappa shape index (κ1) is 27.2. The Kier molecular flexibility index (Phi) is 8.25. The van der Waals surface area contributed by atoms with Crippen molar-refractivity contribution in [1.82, 2.24) is 24.9 Å². The number of carbonyl (C=O) groups excluding carboxylic acids is 1. The van der Waals surface area contributed by atoms with Crippen LogP contribution in [-0.4, -0.2) is 78.6 Å². The summed E-state index contributed by atoms with van der Waals surface area (Å²) in [7, 11) is 3.74. The molecule has 8 nitrogen and oxygen atoms in total. The summed E-state index contributed by atoms with van der Waals surface area (Å²) in [5.41, 5.74) is 3.39. The second kappa shape index (κ2) is 11.8. The van der Waals surface area contributed by atoms with E-state index in [1.807, 2.05) is 37.3 Å². The molecule has 2 saturated heterocycles. The lowest BCUT2D eigenvalue weighted by Gasteiger charge is -2.21. The molecule has 3 heterocycles. The van der Waals surface area contributed by atoms with E-state index in [1.54, 1.807) is 17.9 Å². The number of hydrogen-bond donors (Lipinski definition) is 2. The van der Waals surface area contributed by atoms with Crippen LogP contribution in [-0.2, 0) is 4.74 Å². The highest BCUT2D eigenvalue weighted by atomic mass is 19.2. The molecule has 0 spiro atoms. The van der Waals surface area contributed by atoms with Crippen molar-refractivity contribution in [2.24, 2.45) is 0 Å². The van der Waals surface area contributed by atoms with E-state index in [0.717, 1.165) is 42.4 Å². The van der Waals surface area contributed by atoms with Crippen molar-refractivity contribution in [3.05, 3.63) is 77.0 Å². The molecule has 0 radical (unpaired) electrons. The van der Waals surface area contributed by atoms with Crippen molar-refractivity contribution in [2.75, 3.05) is 52.3 Å². The number of carbonyl (C=O) groups is 1. The van der Waals surface area contributed by atoms with Gasteiger partial charge < -0.3 is 10.1 Å². The Hall–Kier alpha value is -3.34. The number of urea groups is 1. The van der Waals surface area contributed by atoms with Gasteiger partial charge in [-0.05, 0) is 63.2 Å². The molecule has 0 unspecified atom stereocenters. The van der Waals surface area contributed by atoms with Crippen LogP contribution in [0.5, 0.6) is 0 Å². The van der Waals surface area contributed by atoms with Crippen molar-refractivity contribution < 1.29 is 18.3 Å². The Bertz CT molecular complexity index is 1300. The second-order valence-corrected chi connectivity index (χ2v) is 10.5. The molecule has 2 aromatic carbocycles. The van der Waals surface area contributed by atoms with Gasteiger partial charge in [-0.2, -0.15) is 5.10 Å². The number of benzene rings is 2. The highest BCUT2D eigenvalue weighted by Crippen LogP contribution is 2.35. The molecule has 208 valence electrons. The van der Waals surface area contributed by atoms with Crippen LogP contribution in [0.3, 0.4) is 0 Å². The van der Waals surface area contributed by atoms with Crippen molar-refractivity contribution in [3.8, 4) is 5.69 Å². The number of ether oxygens (including phenoxy) is 1. The van der Waals surface area contributed by atoms with Gasteiger partial charge in [-0.25, -0.2) is 18.3 Å². The summed E-state index contributed by atoms with van der Waals surface area (Å²) < 4.78 is 34.8. The number of methoxy groups -OCH3 is 1. The van der Waals surface area contributed by atoms with E-state index in [4.69, 9.17) is 9.84 Å². The molecule has 2 aliphatic rings. The zero-order valence-electron chi connectivity index (χ0n) is 22.7. The van der Waals surface area contributed by atoms with Crippen LogP contribution in [0.1, 0.15) is 41.6 Å². The summed E-state index contributed by atoms with van der Waals surface area (Å²) in [6.45, 7) is 5.38. The second-order valence-electron chi connectivity index (χ2n) is 10.5. The van der Waals surface area contributed by atoms with Crippen molar-refractivity contribution in [3.63, 3.8) is 0 Å². The normalized spacial score (nSPS) is 21.9. The van der Waals surface area contributed by atoms with Crippen LogP contribution < -0.4 is 10.6 Å². The van der Waals surface area contributed by atoms with Gasteiger partial charge >= 0.3 is 6.03 Å². The van der Waals surface area contributed by atoms with Crippen LogP contribution in [0, 0.1) is 18.6 Å². The molecule has 1 aromatic heterocycles. The van der Waals surface area contributed by atoms with E-state index in [1.165, 1.54) is 6.07 Å². The first-order chi connectivity index (χ1) is 18.9. The Balaban J connectivity index is 1.40. The third-order valence-electron chi connectivity index (χ3n) is 7.92. The van der Waals surface area contributed by atoms with Crippen LogP contribution >= 0.6 is 0 Å². The number of para-hydroxylation sites is 1. The topological polar surface area (TPSA) is 74.7 Å². The largest absolute Gasteiger partial charge is 0.383 e. The number of amides is 2. The van der Waals surface area contributed by atoms with Gasteiger partial charge in [0.2, 0.25) is 0 Å². The van der Waals surface area contributed by atoms with Crippen LogP contribution in [0.2, 0.25) is 0 Å². The minimum absolute atomic E-state index is 0.195. The minimum Gasteiger partial charge on any atom is -0.383 e. The van der Waals surface area contributed by atoms with Gasteiger partial charge in [0.1, 0.15) is 5.82 Å². The van der Waals surface area contributed by atoms with E-state index >= 15 is 0 Å². The number of nitrogens with zero attached hydrogens (tertiary/aromatic N) is 4. The van der Waals surface area contributed by atoms with Gasteiger partial charge in [0.05, 0.1) is 30.1 Å². The number of halogens is 2. The lowest BCUT2D eigenvalue weighted by Crippen LogP contribution is -2.42. The number of rotatable bonds is 8. The molecule has 2 aliphatic heterocycles. The van der Waals surface area contributed by atoms with E-state index in [9.17, 15) is 13.6 Å². The third-order valence-corrected chi connectivity index (χ3v) is 7.92. The molecule has 2 amide bonds. The number of hydrogen-bond acceptors (Lipinski definition) is 5. The predicted octanol–water partition coefficient (Wildman–Crippen LogP) is 4.46. The molecule has 0 aliphatic carbocycles. The minimum atomic E-state index is -0.891. The number of aromatic nitrogens is 2. The summed E-state index contributed by atoms with van der Waals surface area (Å²) in [5, 5.41) is 11.1. The molecule has 3 atom stereocenters. The van der Waals surface area contributed by atoms with Crippen LogP contribution in [0.4, 0.5) is 19.4 Å². The molecular weight excluding hydrogens is 502 g/mol. The fourth-order valence-corrected chi connectivity index (χ4v) is 5.82. The van der Waals surface area contributed by atoms with Gasteiger partial charge in [-0.3, -0.25) is 15.1 Å². The van der Waals surface area contributed by atoms with E-state index < -0.39 is 11.6 Å². The van der Waals surface area contributed by atoms with E-state index in [-0.39, 0.29) is 24.0 Å². The monoisotopic (exact) mass is 538 g/mol. The number of anilines is 1. The highest BCUT2D eigenvalue weighted by Gasteiger charge is 2.36. The van der Waals surface area contributed by atoms with Gasteiger partial charge in [-0.1, -0.05) is 24.3 Å². The summed E-state index contributed by atoms with van der Waals surface area (Å²) in [4.78, 5) is 17.9. The molecule has 2 fully saturated rings. The average Bonchev–Trinajstić information content (AvgIpc) is 3.62. The lowest BCUT2D eigenvalue weighted by molar-refractivity contribution is 0.159. The van der Waals surface area contributed by atoms with Gasteiger partial charge in [-0.15, -0.1) is 0 Å². The maximum absolute atomic E-state index is 14.1. The van der Waals surface area contributed by atoms with Crippen molar-refractivity contribution in [2.45, 2.75) is 37.8 Å². The average molecular weight is 539 g/mol. The standard InChI is InChI=1S/C29H36F2N6O2/c1-19-27(26-10-7-13-35(26)2)34-37(21-8-5-4-6-9-21)28(19)33-29(38)32-25-18-36(14-15-39-3)17-22(25)20-11-12-23(30)24(31)16-20/h4-6,8-9,11-12,16,22,25-26H,7,10,13-15,17-18H2,1-3H3,(H2,32,33,38)/t22-,25+,26+/m0/s1. The van der Waals surface area contributed by atoms with Gasteiger partial charge in [0.15, 0.2) is 11.6 Å². The SMILES string of the molecule is COCCN1C[C@@H](NC(=O)Nc2c(C)c([C@H]3CCCN3C)nn2-c2ccccc2)[C@H](c2ccc(F)c(F)c2)C1. The summed E-state index contributed by atoms with van der Waals surface area (Å²) in [5.74, 6) is -1.36. The van der Waals surface area contributed by atoms with Gasteiger partial charge in [0.25, 0.3) is 0 Å². The molecule has 0 bridgehead atoms. The quantitative estimate of drug-likeness (QED) is 0.443. The fraction of sp³-hybridized carbons (Fsp3) is 0.448. The molecule has 5 rings (SSSR count).